The fourth-order valence-electron chi connectivity index (χ4n) is 1.27. The van der Waals surface area contributed by atoms with Gasteiger partial charge in [-0.15, -0.1) is 4.90 Å². The average molecular weight is 172 g/mol. The lowest BCUT2D eigenvalue weighted by atomic mass is 10.2. The summed E-state index contributed by atoms with van der Waals surface area (Å²) in [7, 11) is 1.25. The van der Waals surface area contributed by atoms with Crippen molar-refractivity contribution in [2.75, 3.05) is 13.7 Å². The number of amides is 1. The van der Waals surface area contributed by atoms with Crippen molar-refractivity contribution in [2.45, 2.75) is 18.6 Å². The molecule has 1 aliphatic rings. The van der Waals surface area contributed by atoms with Crippen LogP contribution in [0.5, 0.6) is 0 Å². The summed E-state index contributed by atoms with van der Waals surface area (Å²) in [6.45, 7) is 0.156. The second kappa shape index (κ2) is 3.47. The average Bonchev–Trinajstić information content (AvgIpc) is 2.45. The van der Waals surface area contributed by atoms with Crippen LogP contribution in [0.3, 0.4) is 0 Å². The monoisotopic (exact) mass is 172 g/mol. The first-order valence-electron chi connectivity index (χ1n) is 3.59. The Bertz CT molecular complexity index is 194. The number of hydrogen-bond donors (Lipinski definition) is 1. The lowest BCUT2D eigenvalue weighted by Gasteiger charge is -2.06. The molecule has 1 N–H and O–H groups in total. The lowest BCUT2D eigenvalue weighted by molar-refractivity contribution is -0.144. The first-order valence-corrected chi connectivity index (χ1v) is 3.59. The summed E-state index contributed by atoms with van der Waals surface area (Å²) in [5.74, 6) is -0.505. The maximum atomic E-state index is 11.0. The van der Waals surface area contributed by atoms with E-state index in [9.17, 15) is 9.59 Å². The van der Waals surface area contributed by atoms with Gasteiger partial charge in [0.25, 0.3) is 0 Å². The van der Waals surface area contributed by atoms with Crippen molar-refractivity contribution >= 4 is 12.4 Å². The van der Waals surface area contributed by atoms with Crippen LogP contribution in [-0.4, -0.2) is 48.2 Å². The van der Waals surface area contributed by atoms with Gasteiger partial charge in [0.15, 0.2) is 6.04 Å². The summed E-state index contributed by atoms with van der Waals surface area (Å²) in [6.07, 6.45) is 1.18. The maximum Gasteiger partial charge on any atom is 0.668 e. The highest BCUT2D eigenvalue weighted by Gasteiger charge is 2.43. The van der Waals surface area contributed by atoms with E-state index in [0.29, 0.717) is 0 Å². The van der Waals surface area contributed by atoms with Gasteiger partial charge in [0, 0.05) is 6.42 Å². The first-order chi connectivity index (χ1) is 5.69. The molecule has 0 aliphatic carbocycles. The topological polar surface area (TPSA) is 66.8 Å². The van der Waals surface area contributed by atoms with Gasteiger partial charge in [-0.05, 0) is 0 Å². The van der Waals surface area contributed by atoms with Crippen LogP contribution in [0.2, 0.25) is 0 Å². The summed E-state index contributed by atoms with van der Waals surface area (Å²) < 4.78 is 4.44. The van der Waals surface area contributed by atoms with Gasteiger partial charge in [0.1, 0.15) is 0 Å². The fraction of sp³-hybridized carbons (Fsp3) is 0.714. The molecule has 0 saturated carbocycles. The molecule has 5 nitrogen and oxygen atoms in total. The number of rotatable bonds is 2. The number of aliphatic hydroxyl groups is 1. The normalized spacial score (nSPS) is 28.3. The highest BCUT2D eigenvalue weighted by molar-refractivity contribution is 5.78. The second-order valence-corrected chi connectivity index (χ2v) is 2.67. The van der Waals surface area contributed by atoms with Crippen LogP contribution in [0.1, 0.15) is 6.42 Å². The molecule has 0 aromatic heterocycles. The van der Waals surface area contributed by atoms with E-state index in [-0.39, 0.29) is 13.0 Å². The molecule has 2 atom stereocenters. The number of carbonyl (C=O) groups is 1. The Labute approximate surface area is 69.9 Å². The number of carbonyl (C=O) groups excluding carboxylic acids is 2. The molecule has 2 unspecified atom stereocenters. The molecule has 1 fully saturated rings. The minimum Gasteiger partial charge on any atom is -0.467 e. The van der Waals surface area contributed by atoms with Crippen LogP contribution >= 0.6 is 0 Å². The minimum absolute atomic E-state index is 0.156. The fourth-order valence-corrected chi connectivity index (χ4v) is 1.27. The molecule has 1 aliphatic heterocycles. The predicted octanol–water partition coefficient (Wildman–Crippen LogP) is -1.34. The molecule has 1 amide bonds. The van der Waals surface area contributed by atoms with Gasteiger partial charge in [-0.3, -0.25) is 0 Å². The molecule has 1 saturated heterocycles. The van der Waals surface area contributed by atoms with Crippen LogP contribution in [0.4, 0.5) is 0 Å². The van der Waals surface area contributed by atoms with Gasteiger partial charge in [-0.25, -0.2) is 4.79 Å². The van der Waals surface area contributed by atoms with Gasteiger partial charge in [-0.1, -0.05) is 0 Å². The largest absolute Gasteiger partial charge is 0.668 e. The summed E-state index contributed by atoms with van der Waals surface area (Å²) in [5, 5.41) is 9.12. The zero-order chi connectivity index (χ0) is 9.14. The lowest BCUT2D eigenvalue weighted by Crippen LogP contribution is -2.35. The van der Waals surface area contributed by atoms with Crippen molar-refractivity contribution in [2.24, 2.45) is 0 Å². The summed E-state index contributed by atoms with van der Waals surface area (Å²) in [5.41, 5.74) is 0. The van der Waals surface area contributed by atoms with E-state index in [1.165, 1.54) is 7.11 Å². The van der Waals surface area contributed by atoms with Crippen molar-refractivity contribution in [3.63, 3.8) is 0 Å². The number of methoxy groups -OCH3 is 1. The second-order valence-electron chi connectivity index (χ2n) is 2.67. The summed E-state index contributed by atoms with van der Waals surface area (Å²) >= 11 is 0. The van der Waals surface area contributed by atoms with Crippen LogP contribution < -0.4 is 0 Å². The molecule has 0 radical (unpaired) electrons. The highest BCUT2D eigenvalue weighted by Crippen LogP contribution is 2.16. The third-order valence-corrected chi connectivity index (χ3v) is 1.87. The summed E-state index contributed by atoms with van der Waals surface area (Å²) in [6, 6.07) is -0.664. The molecule has 1 heterocycles. The first kappa shape index (κ1) is 8.90. The molecule has 0 aromatic rings. The Morgan fingerprint density at radius 3 is 2.92 bits per heavy atom. The Kier molecular flexibility index (Phi) is 2.58. The Balaban J connectivity index is 2.63. The number of likely N-dealkylation sites (tertiary alicyclic amines) is 1. The molecular formula is C7H10NO4+. The minimum atomic E-state index is -0.664. The number of nitrogens with zero attached hydrogens (tertiary/aromatic N) is 1. The number of esters is 1. The van der Waals surface area contributed by atoms with Crippen LogP contribution in [0.25, 0.3) is 0 Å². The van der Waals surface area contributed by atoms with Crippen molar-refractivity contribution in [3.05, 3.63) is 0 Å². The van der Waals surface area contributed by atoms with Gasteiger partial charge < -0.3 is 9.84 Å². The molecule has 0 aromatic carbocycles. The molecule has 1 rings (SSSR count). The van der Waals surface area contributed by atoms with E-state index >= 15 is 0 Å². The number of hydrogen-bond acceptors (Lipinski definition) is 4. The third kappa shape index (κ3) is 1.52. The Hall–Kier alpha value is -1.19. The predicted molar refractivity (Wildman–Crippen MR) is 38.8 cm³/mol. The molecule has 0 bridgehead atoms. The van der Waals surface area contributed by atoms with Crippen molar-refractivity contribution < 1.29 is 19.4 Å². The van der Waals surface area contributed by atoms with E-state index in [2.05, 4.69) is 4.74 Å². The van der Waals surface area contributed by atoms with Gasteiger partial charge in [0.05, 0.1) is 24.6 Å². The molecule has 5 heteroatoms. The molecule has 66 valence electrons. The van der Waals surface area contributed by atoms with Crippen LogP contribution in [0.15, 0.2) is 0 Å². The highest BCUT2D eigenvalue weighted by atomic mass is 16.5. The maximum absolute atomic E-state index is 11.0. The number of ether oxygens (including phenoxy) is 1. The van der Waals surface area contributed by atoms with Crippen molar-refractivity contribution in [3.8, 4) is 0 Å². The standard InChI is InChI=1S/C7H10NO4/c1-12-7(11)6-2-5(10)3-8(6)4-9/h5-6,10H,2-3H2,1H3/q+1. The quantitative estimate of drug-likeness (QED) is 0.413. The van der Waals surface area contributed by atoms with E-state index in [1.807, 2.05) is 0 Å². The van der Waals surface area contributed by atoms with Crippen molar-refractivity contribution in [1.82, 2.24) is 4.90 Å². The smallest absolute Gasteiger partial charge is 0.467 e. The SMILES string of the molecule is COC(=O)C1CC(O)CN1[C+]=O. The van der Waals surface area contributed by atoms with Gasteiger partial charge in [-0.2, -0.15) is 0 Å². The number of aliphatic hydroxyl groups excluding tert-OH is 1. The molecule has 12 heavy (non-hydrogen) atoms. The Morgan fingerprint density at radius 1 is 1.75 bits per heavy atom. The zero-order valence-corrected chi connectivity index (χ0v) is 6.69. The van der Waals surface area contributed by atoms with E-state index < -0.39 is 18.1 Å². The molecular weight excluding hydrogens is 162 g/mol. The van der Waals surface area contributed by atoms with Gasteiger partial charge >= 0.3 is 12.4 Å². The molecule has 0 spiro atoms. The van der Waals surface area contributed by atoms with Crippen molar-refractivity contribution in [1.29, 1.82) is 0 Å². The van der Waals surface area contributed by atoms with E-state index in [0.717, 1.165) is 4.90 Å². The third-order valence-electron chi connectivity index (χ3n) is 1.87. The number of β-amino-alcohol motifs (C(OH)–C–C–N with tert-alkyl or cyclic N) is 1. The van der Waals surface area contributed by atoms with Gasteiger partial charge in [0.2, 0.25) is 0 Å². The van der Waals surface area contributed by atoms with Crippen LogP contribution in [-0.2, 0) is 14.3 Å². The van der Waals surface area contributed by atoms with E-state index in [4.69, 9.17) is 5.11 Å². The Morgan fingerprint density at radius 2 is 2.42 bits per heavy atom. The summed E-state index contributed by atoms with van der Waals surface area (Å²) in [4.78, 5) is 22.4. The zero-order valence-electron chi connectivity index (χ0n) is 6.69. The van der Waals surface area contributed by atoms with E-state index in [1.54, 1.807) is 6.41 Å². The van der Waals surface area contributed by atoms with Crippen LogP contribution in [0, 0.1) is 0 Å².